The molecule has 1 unspecified atom stereocenters. The summed E-state index contributed by atoms with van der Waals surface area (Å²) in [6.45, 7) is 1.77. The Morgan fingerprint density at radius 3 is 2.59 bits per heavy atom. The molecule has 1 amide bonds. The molecule has 0 fully saturated rings. The van der Waals surface area contributed by atoms with Gasteiger partial charge in [-0.1, -0.05) is 0 Å². The van der Waals surface area contributed by atoms with Crippen molar-refractivity contribution in [3.63, 3.8) is 0 Å². The molecule has 0 heterocycles. The second kappa shape index (κ2) is 9.37. The molecule has 0 aliphatic heterocycles. The summed E-state index contributed by atoms with van der Waals surface area (Å²) in [7, 11) is 0. The SMILES string of the molecule is CC(=O)[C@H](CSCC(=O)NCCC(N)O)NN. The van der Waals surface area contributed by atoms with Gasteiger partial charge in [0.1, 0.15) is 12.0 Å². The molecular weight excluding hydrogens is 244 g/mol. The van der Waals surface area contributed by atoms with Gasteiger partial charge in [-0.15, -0.1) is 11.8 Å². The Morgan fingerprint density at radius 2 is 2.12 bits per heavy atom. The zero-order valence-corrected chi connectivity index (χ0v) is 10.6. The summed E-state index contributed by atoms with van der Waals surface area (Å²) in [4.78, 5) is 22.3. The van der Waals surface area contributed by atoms with E-state index in [1.54, 1.807) is 0 Å². The number of aliphatic hydroxyl groups excluding tert-OH is 1. The number of thioether (sulfide) groups is 1. The van der Waals surface area contributed by atoms with E-state index in [2.05, 4.69) is 10.7 Å². The molecule has 0 aromatic rings. The lowest BCUT2D eigenvalue weighted by atomic mass is 10.2. The molecule has 0 rings (SSSR count). The van der Waals surface area contributed by atoms with E-state index in [1.807, 2.05) is 0 Å². The summed E-state index contributed by atoms with van der Waals surface area (Å²) in [5.74, 6) is 5.64. The Kier molecular flexibility index (Phi) is 9.00. The van der Waals surface area contributed by atoms with Gasteiger partial charge in [0.05, 0.1) is 11.8 Å². The fourth-order valence-electron chi connectivity index (χ4n) is 0.963. The topological polar surface area (TPSA) is 130 Å². The Bertz CT molecular complexity index is 250. The maximum Gasteiger partial charge on any atom is 0.229 e. The minimum absolute atomic E-state index is 0.0633. The van der Waals surface area contributed by atoms with Gasteiger partial charge in [-0.05, 0) is 6.92 Å². The quantitative estimate of drug-likeness (QED) is 0.183. The number of carbonyl (C=O) groups excluding carboxylic acids is 2. The lowest BCUT2D eigenvalue weighted by Gasteiger charge is -2.11. The van der Waals surface area contributed by atoms with Gasteiger partial charge in [0.25, 0.3) is 0 Å². The van der Waals surface area contributed by atoms with Crippen LogP contribution in [0.25, 0.3) is 0 Å². The van der Waals surface area contributed by atoms with Crippen molar-refractivity contribution in [2.24, 2.45) is 11.6 Å². The molecule has 8 heteroatoms. The number of hydrazine groups is 1. The van der Waals surface area contributed by atoms with Crippen LogP contribution in [-0.4, -0.2) is 47.1 Å². The maximum absolute atomic E-state index is 11.3. The smallest absolute Gasteiger partial charge is 0.229 e. The van der Waals surface area contributed by atoms with Gasteiger partial charge >= 0.3 is 0 Å². The summed E-state index contributed by atoms with van der Waals surface area (Å²) in [5.41, 5.74) is 7.49. The lowest BCUT2D eigenvalue weighted by molar-refractivity contribution is -0.119. The number of ketones is 1. The van der Waals surface area contributed by atoms with Crippen molar-refractivity contribution in [2.75, 3.05) is 18.1 Å². The van der Waals surface area contributed by atoms with Crippen molar-refractivity contribution in [3.8, 4) is 0 Å². The molecule has 0 aliphatic carbocycles. The number of Topliss-reactive ketones (excluding diaryl/α,β-unsaturated/α-hetero) is 1. The third-order valence-corrected chi connectivity index (χ3v) is 3.01. The highest BCUT2D eigenvalue weighted by Gasteiger charge is 2.12. The number of carbonyl (C=O) groups is 2. The number of nitrogens with two attached hydrogens (primary N) is 2. The number of rotatable bonds is 9. The van der Waals surface area contributed by atoms with E-state index in [1.165, 1.54) is 18.7 Å². The van der Waals surface area contributed by atoms with E-state index < -0.39 is 12.3 Å². The van der Waals surface area contributed by atoms with Crippen LogP contribution in [0.1, 0.15) is 13.3 Å². The van der Waals surface area contributed by atoms with Crippen LogP contribution >= 0.6 is 11.8 Å². The average molecular weight is 264 g/mol. The van der Waals surface area contributed by atoms with Gasteiger partial charge in [-0.3, -0.25) is 15.4 Å². The second-order valence-corrected chi connectivity index (χ2v) is 4.58. The lowest BCUT2D eigenvalue weighted by Crippen LogP contribution is -2.42. The van der Waals surface area contributed by atoms with Gasteiger partial charge in [0.15, 0.2) is 0 Å². The summed E-state index contributed by atoms with van der Waals surface area (Å²) in [5, 5.41) is 11.4. The summed E-state index contributed by atoms with van der Waals surface area (Å²) in [6.07, 6.45) is -0.594. The molecular formula is C9H20N4O3S. The third kappa shape index (κ3) is 9.07. The molecule has 0 radical (unpaired) electrons. The van der Waals surface area contributed by atoms with Crippen molar-refractivity contribution in [1.29, 1.82) is 0 Å². The Labute approximate surface area is 105 Å². The molecule has 0 aromatic heterocycles. The third-order valence-electron chi connectivity index (χ3n) is 1.97. The van der Waals surface area contributed by atoms with Crippen LogP contribution in [0.4, 0.5) is 0 Å². The van der Waals surface area contributed by atoms with Crippen LogP contribution in [0.5, 0.6) is 0 Å². The van der Waals surface area contributed by atoms with Crippen molar-refractivity contribution in [3.05, 3.63) is 0 Å². The fourth-order valence-corrected chi connectivity index (χ4v) is 1.93. The highest BCUT2D eigenvalue weighted by Crippen LogP contribution is 2.02. The van der Waals surface area contributed by atoms with E-state index in [0.29, 0.717) is 18.7 Å². The van der Waals surface area contributed by atoms with Gasteiger partial charge in [0, 0.05) is 18.7 Å². The van der Waals surface area contributed by atoms with Gasteiger partial charge in [0.2, 0.25) is 5.91 Å². The Hall–Kier alpha value is -0.670. The van der Waals surface area contributed by atoms with Crippen molar-refractivity contribution >= 4 is 23.5 Å². The Balaban J connectivity index is 3.60. The monoisotopic (exact) mass is 264 g/mol. The van der Waals surface area contributed by atoms with E-state index in [9.17, 15) is 9.59 Å². The zero-order chi connectivity index (χ0) is 13.3. The van der Waals surface area contributed by atoms with Gasteiger partial charge < -0.3 is 16.2 Å². The number of aliphatic hydroxyl groups is 1. The molecule has 100 valence electrons. The summed E-state index contributed by atoms with van der Waals surface area (Å²) in [6, 6.07) is -0.432. The molecule has 7 N–H and O–H groups in total. The van der Waals surface area contributed by atoms with E-state index >= 15 is 0 Å². The Morgan fingerprint density at radius 1 is 1.47 bits per heavy atom. The van der Waals surface area contributed by atoms with Crippen LogP contribution < -0.4 is 22.3 Å². The molecule has 0 aromatic carbocycles. The molecule has 7 nitrogen and oxygen atoms in total. The molecule has 17 heavy (non-hydrogen) atoms. The van der Waals surface area contributed by atoms with Crippen LogP contribution in [0.2, 0.25) is 0 Å². The normalized spacial score (nSPS) is 14.1. The fraction of sp³-hybridized carbons (Fsp3) is 0.778. The summed E-state index contributed by atoms with van der Waals surface area (Å²) >= 11 is 1.31. The molecule has 0 bridgehead atoms. The summed E-state index contributed by atoms with van der Waals surface area (Å²) < 4.78 is 0. The second-order valence-electron chi connectivity index (χ2n) is 3.55. The number of amides is 1. The first-order valence-corrected chi connectivity index (χ1v) is 6.37. The molecule has 2 atom stereocenters. The molecule has 0 aliphatic rings. The maximum atomic E-state index is 11.3. The van der Waals surface area contributed by atoms with Crippen LogP contribution in [0, 0.1) is 0 Å². The van der Waals surface area contributed by atoms with Crippen LogP contribution in [0.3, 0.4) is 0 Å². The minimum atomic E-state index is -0.911. The first-order chi connectivity index (χ1) is 7.97. The van der Waals surface area contributed by atoms with Gasteiger partial charge in [-0.2, -0.15) is 0 Å². The molecule has 0 saturated heterocycles. The first-order valence-electron chi connectivity index (χ1n) is 5.22. The first kappa shape index (κ1) is 16.3. The average Bonchev–Trinajstić information content (AvgIpc) is 2.23. The number of hydrogen-bond acceptors (Lipinski definition) is 7. The standard InChI is InChI=1S/C9H20N4O3S/c1-6(14)7(13-11)4-17-5-9(16)12-3-2-8(10)15/h7-8,13,15H,2-5,10-11H2,1H3,(H,12,16)/t7-,8?/m0/s1. The van der Waals surface area contributed by atoms with E-state index in [4.69, 9.17) is 16.7 Å². The number of hydrogen-bond donors (Lipinski definition) is 5. The highest BCUT2D eigenvalue weighted by atomic mass is 32.2. The molecule has 0 spiro atoms. The molecule has 0 saturated carbocycles. The van der Waals surface area contributed by atoms with E-state index in [-0.39, 0.29) is 17.4 Å². The predicted octanol–water partition coefficient (Wildman–Crippen LogP) is -2.08. The largest absolute Gasteiger partial charge is 0.379 e. The van der Waals surface area contributed by atoms with E-state index in [0.717, 1.165) is 0 Å². The van der Waals surface area contributed by atoms with Crippen LogP contribution in [-0.2, 0) is 9.59 Å². The minimum Gasteiger partial charge on any atom is -0.379 e. The predicted molar refractivity (Wildman–Crippen MR) is 66.9 cm³/mol. The highest BCUT2D eigenvalue weighted by molar-refractivity contribution is 8.00. The van der Waals surface area contributed by atoms with Crippen LogP contribution in [0.15, 0.2) is 0 Å². The number of nitrogens with one attached hydrogen (secondary N) is 2. The zero-order valence-electron chi connectivity index (χ0n) is 9.81. The van der Waals surface area contributed by atoms with Gasteiger partial charge in [-0.25, -0.2) is 5.43 Å². The van der Waals surface area contributed by atoms with Crippen molar-refractivity contribution in [1.82, 2.24) is 10.7 Å². The van der Waals surface area contributed by atoms with Crippen molar-refractivity contribution < 1.29 is 14.7 Å². The van der Waals surface area contributed by atoms with Crippen molar-refractivity contribution in [2.45, 2.75) is 25.6 Å².